The molecule has 1 aromatic carbocycles. The Balaban J connectivity index is 0.000000111. The zero-order valence-electron chi connectivity index (χ0n) is 38.3. The highest BCUT2D eigenvalue weighted by atomic mass is 16.3. The predicted molar refractivity (Wildman–Crippen MR) is 265 cm³/mol. The van der Waals surface area contributed by atoms with Crippen LogP contribution in [-0.2, 0) is 26.2 Å². The number of imidazole rings is 4. The van der Waals surface area contributed by atoms with Crippen molar-refractivity contribution in [2.24, 2.45) is 0 Å². The number of nitrogens with zero attached hydrogens (tertiary/aromatic N) is 16. The maximum atomic E-state index is 5.75. The van der Waals surface area contributed by atoms with E-state index in [1.54, 1.807) is 56.2 Å². The van der Waals surface area contributed by atoms with E-state index in [1.807, 2.05) is 50.2 Å². The number of aromatic nitrogens is 20. The molecule has 0 aliphatic heterocycles. The highest BCUT2D eigenvalue weighted by Crippen LogP contribution is 2.22. The summed E-state index contributed by atoms with van der Waals surface area (Å²) in [4.78, 5) is 77.4. The van der Waals surface area contributed by atoms with Gasteiger partial charge in [0.2, 0.25) is 0 Å². The van der Waals surface area contributed by atoms with Crippen molar-refractivity contribution >= 4 is 78.9 Å². The summed E-state index contributed by atoms with van der Waals surface area (Å²) in [6.07, 6.45) is 20.7. The summed E-state index contributed by atoms with van der Waals surface area (Å²) in [5.41, 5.74) is 8.78. The fraction of sp³-hybridized carbons (Fsp3) is 0.130. The van der Waals surface area contributed by atoms with Crippen molar-refractivity contribution < 1.29 is 8.83 Å². The van der Waals surface area contributed by atoms with Crippen molar-refractivity contribution in [1.29, 1.82) is 0 Å². The van der Waals surface area contributed by atoms with Crippen LogP contribution in [0.15, 0.2) is 133 Å². The van der Waals surface area contributed by atoms with Gasteiger partial charge in [0.15, 0.2) is 45.9 Å². The molecule has 13 aromatic rings. The molecule has 26 heteroatoms. The maximum Gasteiger partial charge on any atom is 0.182 e. The van der Waals surface area contributed by atoms with Crippen LogP contribution in [0.2, 0.25) is 0 Å². The minimum Gasteiger partial charge on any atom is -0.464 e. The van der Waals surface area contributed by atoms with Crippen molar-refractivity contribution in [2.45, 2.75) is 40.0 Å². The number of fused-ring (bicyclic) bond motifs is 5. The molecular weight excluding hydrogens is 921 g/mol. The molecule has 0 spiro atoms. The van der Waals surface area contributed by atoms with Crippen LogP contribution in [0, 0.1) is 13.8 Å². The van der Waals surface area contributed by atoms with Gasteiger partial charge in [0.25, 0.3) is 0 Å². The molecule has 26 nitrogen and oxygen atoms in total. The van der Waals surface area contributed by atoms with E-state index in [9.17, 15) is 0 Å². The zero-order valence-corrected chi connectivity index (χ0v) is 38.3. The lowest BCUT2D eigenvalue weighted by atomic mass is 10.2. The topological polar surface area (TPSA) is 344 Å². The molecule has 8 N–H and O–H groups in total. The molecule has 13 rings (SSSR count). The van der Waals surface area contributed by atoms with Gasteiger partial charge in [0, 0.05) is 42.3 Å². The SMILES string of the molecule is Cc1cc(CNc2ncnc3nc[nH]c23)oc1C.c1ccc2oc(CNc3ncnc4nc[nH]c34)cc2c1.c1cnc(CNc2ncnc3nc[nH]c23)nc1.c1ncc(CNc2ncnc3nc[nH]c23)cn1. The van der Waals surface area contributed by atoms with Gasteiger partial charge in [-0.15, -0.1) is 0 Å². The average molecular weight is 963 g/mol. The monoisotopic (exact) mass is 962 g/mol. The standard InChI is InChI=1S/C14H11N5O.C12H13N5O.2C10H9N7/c1-2-4-11-9(3-1)5-10(20-11)6-15-13-12-14(17-7-16-12)19-8-18-13;1-7-3-9(18-8(7)2)4-13-11-10-12(15-5-14-10)17-6-16-11;1-7(2-12-4-11-1)3-13-9-8-10(15-5-14-8)17-6-16-9;1-2-11-7(12-3-1)4-13-9-8-10(15-5-14-8)17-6-16-9/h1-5,7-8H,6H2,(H2,15,16,17,18,19);3,5-6H,4H2,1-2H3,(H2,13,14,15,16,17);1-2,4-6H,3H2,(H2,13,14,15,16,17);1-3,5-6H,4H2,(H2,13,14,15,16,17). The Hall–Kier alpha value is -10.4. The number of nitrogens with one attached hydrogen (secondary N) is 8. The Morgan fingerprint density at radius 2 is 0.903 bits per heavy atom. The van der Waals surface area contributed by atoms with Crippen LogP contribution in [0.4, 0.5) is 23.3 Å². The molecule has 0 amide bonds. The first-order chi connectivity index (χ1) is 35.5. The fourth-order valence-corrected chi connectivity index (χ4v) is 6.99. The number of rotatable bonds is 12. The quantitative estimate of drug-likeness (QED) is 0.0656. The van der Waals surface area contributed by atoms with Gasteiger partial charge in [0.1, 0.15) is 82.4 Å². The molecule has 0 saturated carbocycles. The number of benzene rings is 1. The number of hydrogen-bond donors (Lipinski definition) is 8. The van der Waals surface area contributed by atoms with Gasteiger partial charge in [-0.05, 0) is 43.7 Å². The van der Waals surface area contributed by atoms with Crippen LogP contribution in [-0.4, -0.2) is 99.7 Å². The summed E-state index contributed by atoms with van der Waals surface area (Å²) in [6.45, 7) is 6.23. The number of H-pyrrole nitrogens is 4. The summed E-state index contributed by atoms with van der Waals surface area (Å²) >= 11 is 0. The Morgan fingerprint density at radius 3 is 1.38 bits per heavy atom. The van der Waals surface area contributed by atoms with E-state index < -0.39 is 0 Å². The molecule has 0 bridgehead atoms. The molecule has 358 valence electrons. The first-order valence-corrected chi connectivity index (χ1v) is 22.1. The molecule has 12 heterocycles. The smallest absolute Gasteiger partial charge is 0.182 e. The number of para-hydroxylation sites is 1. The third-order valence-electron chi connectivity index (χ3n) is 10.6. The molecule has 0 fully saturated rings. The van der Waals surface area contributed by atoms with E-state index in [0.29, 0.717) is 66.2 Å². The molecule has 0 aliphatic rings. The van der Waals surface area contributed by atoms with Crippen LogP contribution in [0.25, 0.3) is 55.6 Å². The lowest BCUT2D eigenvalue weighted by Crippen LogP contribution is -2.05. The lowest BCUT2D eigenvalue weighted by molar-refractivity contribution is 0.488. The lowest BCUT2D eigenvalue weighted by Gasteiger charge is -2.04. The zero-order chi connectivity index (χ0) is 48.9. The number of anilines is 4. The number of hydrogen-bond acceptors (Lipinski definition) is 22. The largest absolute Gasteiger partial charge is 0.464 e. The van der Waals surface area contributed by atoms with Gasteiger partial charge in [-0.3, -0.25) is 0 Å². The number of aryl methyl sites for hydroxylation is 2. The molecular formula is C46H42N24O2. The average Bonchev–Trinajstić information content (AvgIpc) is 4.30. The third kappa shape index (κ3) is 11.0. The molecule has 72 heavy (non-hydrogen) atoms. The van der Waals surface area contributed by atoms with Crippen molar-refractivity contribution in [3.63, 3.8) is 0 Å². The normalized spacial score (nSPS) is 10.9. The Bertz CT molecular complexity index is 3620. The van der Waals surface area contributed by atoms with Gasteiger partial charge in [-0.2, -0.15) is 0 Å². The minimum atomic E-state index is 0.506. The van der Waals surface area contributed by atoms with E-state index in [1.165, 1.54) is 31.6 Å². The molecule has 0 atom stereocenters. The van der Waals surface area contributed by atoms with Crippen LogP contribution in [0.5, 0.6) is 0 Å². The molecule has 0 aliphatic carbocycles. The minimum absolute atomic E-state index is 0.506. The first-order valence-electron chi connectivity index (χ1n) is 22.1. The van der Waals surface area contributed by atoms with E-state index in [0.717, 1.165) is 73.1 Å². The van der Waals surface area contributed by atoms with E-state index in [4.69, 9.17) is 8.83 Å². The van der Waals surface area contributed by atoms with Gasteiger partial charge in [-0.1, -0.05) is 18.2 Å². The summed E-state index contributed by atoms with van der Waals surface area (Å²) in [6, 6.07) is 13.8. The molecule has 0 unspecified atom stereocenters. The Morgan fingerprint density at radius 1 is 0.444 bits per heavy atom. The Labute approximate surface area is 406 Å². The van der Waals surface area contributed by atoms with Crippen LogP contribution in [0.1, 0.15) is 34.2 Å². The van der Waals surface area contributed by atoms with E-state index in [2.05, 4.69) is 121 Å². The van der Waals surface area contributed by atoms with Crippen LogP contribution < -0.4 is 21.3 Å². The highest BCUT2D eigenvalue weighted by Gasteiger charge is 2.11. The first kappa shape index (κ1) is 45.4. The summed E-state index contributed by atoms with van der Waals surface area (Å²) < 4.78 is 11.3. The van der Waals surface area contributed by atoms with Crippen molar-refractivity contribution in [1.82, 2.24) is 99.7 Å². The van der Waals surface area contributed by atoms with Crippen LogP contribution in [0.3, 0.4) is 0 Å². The molecule has 0 saturated heterocycles. The Kier molecular flexibility index (Phi) is 13.7. The van der Waals surface area contributed by atoms with E-state index in [-0.39, 0.29) is 0 Å². The molecule has 12 aromatic heterocycles. The maximum absolute atomic E-state index is 5.75. The number of furan rings is 2. The fourth-order valence-electron chi connectivity index (χ4n) is 6.99. The second kappa shape index (κ2) is 21.7. The van der Waals surface area contributed by atoms with Gasteiger partial charge >= 0.3 is 0 Å². The summed E-state index contributed by atoms with van der Waals surface area (Å²) in [7, 11) is 0. The third-order valence-corrected chi connectivity index (χ3v) is 10.6. The van der Waals surface area contributed by atoms with Crippen molar-refractivity contribution in [2.75, 3.05) is 21.3 Å². The second-order valence-corrected chi connectivity index (χ2v) is 15.3. The van der Waals surface area contributed by atoms with Crippen molar-refractivity contribution in [3.05, 3.63) is 158 Å². The number of aromatic amines is 4. The van der Waals surface area contributed by atoms with Crippen molar-refractivity contribution in [3.8, 4) is 0 Å². The van der Waals surface area contributed by atoms with Crippen LogP contribution >= 0.6 is 0 Å². The second-order valence-electron chi connectivity index (χ2n) is 15.3. The highest BCUT2D eigenvalue weighted by molar-refractivity contribution is 5.84. The van der Waals surface area contributed by atoms with Gasteiger partial charge in [-0.25, -0.2) is 79.7 Å². The summed E-state index contributed by atoms with van der Waals surface area (Å²) in [5, 5.41) is 13.9. The predicted octanol–water partition coefficient (Wildman–Crippen LogP) is 6.40. The van der Waals surface area contributed by atoms with Gasteiger partial charge in [0.05, 0.1) is 44.9 Å². The molecule has 0 radical (unpaired) electrons. The van der Waals surface area contributed by atoms with Gasteiger partial charge < -0.3 is 50.0 Å². The van der Waals surface area contributed by atoms with E-state index >= 15 is 0 Å². The summed E-state index contributed by atoms with van der Waals surface area (Å²) in [5.74, 6) is 6.25.